The van der Waals surface area contributed by atoms with Crippen molar-refractivity contribution in [3.8, 4) is 17.2 Å². The molecule has 2 heterocycles. The second kappa shape index (κ2) is 18.2. The first kappa shape index (κ1) is 40.7. The number of carbonyl (C=O) groups is 3. The Morgan fingerprint density at radius 1 is 0.964 bits per heavy atom. The van der Waals surface area contributed by atoms with Crippen molar-refractivity contribution in [1.82, 2.24) is 20.2 Å². The monoisotopic (exact) mass is 770 g/mol. The molecule has 2 unspecified atom stereocenters. The number of benzene rings is 3. The quantitative estimate of drug-likeness (QED) is 0.114. The lowest BCUT2D eigenvalue weighted by Gasteiger charge is -2.28. The van der Waals surface area contributed by atoms with Crippen molar-refractivity contribution in [1.29, 1.82) is 0 Å². The minimum atomic E-state index is -0.582. The van der Waals surface area contributed by atoms with Crippen molar-refractivity contribution >= 4 is 51.9 Å². The van der Waals surface area contributed by atoms with Gasteiger partial charge in [0.15, 0.2) is 0 Å². The highest BCUT2D eigenvalue weighted by Crippen LogP contribution is 2.39. The minimum absolute atomic E-state index is 0.0765. The van der Waals surface area contributed by atoms with Crippen molar-refractivity contribution in [3.05, 3.63) is 89.7 Å². The van der Waals surface area contributed by atoms with E-state index in [1.54, 1.807) is 39.3 Å². The standard InChI is InChI=1S/C41H50N6O7S/c1-9-53-31-20-34(51-7)32(35(21-31)52-8)24-47(37-22-36(42-25-43-37)44-29-15-12-14-28(19-29)39(49)54-10-2)30-16-11-13-27(18-30)23-46-26(3)17-33(38(46)48)45-40(50)55-41(4,5)6/h11-16,18-22,25-26,33H,9-10,17,23-24H2,1-8H3,(H,45,50)(H,42,43,44). The summed E-state index contributed by atoms with van der Waals surface area (Å²) < 4.78 is 22.4. The predicted octanol–water partition coefficient (Wildman–Crippen LogP) is 7.88. The Hall–Kier alpha value is -5.50. The first-order chi connectivity index (χ1) is 26.3. The summed E-state index contributed by atoms with van der Waals surface area (Å²) in [5, 5.41) is 6.01. The van der Waals surface area contributed by atoms with Gasteiger partial charge in [-0.25, -0.2) is 14.8 Å². The Balaban J connectivity index is 1.49. The number of ether oxygens (including phenoxy) is 4. The fourth-order valence-electron chi connectivity index (χ4n) is 6.29. The number of rotatable bonds is 15. The Bertz CT molecular complexity index is 1960. The Kier molecular flexibility index (Phi) is 13.5. The van der Waals surface area contributed by atoms with Gasteiger partial charge in [-0.2, -0.15) is 0 Å². The SMILES string of the molecule is CCOC(=O)c1cccc(Nc2cc(N(Cc3c(OC)cc(OCC)cc3OC)c3cccc(CN4C(=O)C(NC(=O)SC(C)(C)C)CC4C)c3)ncn2)c1. The highest BCUT2D eigenvalue weighted by Gasteiger charge is 2.38. The van der Waals surface area contributed by atoms with Gasteiger partial charge in [0.05, 0.1) is 45.1 Å². The van der Waals surface area contributed by atoms with Gasteiger partial charge < -0.3 is 39.4 Å². The van der Waals surface area contributed by atoms with E-state index < -0.39 is 12.0 Å². The van der Waals surface area contributed by atoms with Gasteiger partial charge in [0.2, 0.25) is 5.91 Å². The zero-order valence-corrected chi connectivity index (χ0v) is 33.5. The first-order valence-corrected chi connectivity index (χ1v) is 19.0. The predicted molar refractivity (Wildman–Crippen MR) is 215 cm³/mol. The fourth-order valence-corrected chi connectivity index (χ4v) is 7.05. The maximum absolute atomic E-state index is 13.6. The van der Waals surface area contributed by atoms with E-state index in [9.17, 15) is 14.4 Å². The van der Waals surface area contributed by atoms with Gasteiger partial charge in [0.25, 0.3) is 5.24 Å². The maximum atomic E-state index is 13.6. The van der Waals surface area contributed by atoms with Gasteiger partial charge >= 0.3 is 5.97 Å². The third-order valence-electron chi connectivity index (χ3n) is 8.74. The van der Waals surface area contributed by atoms with Crippen LogP contribution in [-0.4, -0.2) is 76.2 Å². The molecule has 2 amide bonds. The maximum Gasteiger partial charge on any atom is 0.338 e. The number of aromatic nitrogens is 2. The molecule has 13 nitrogen and oxygen atoms in total. The molecule has 55 heavy (non-hydrogen) atoms. The summed E-state index contributed by atoms with van der Waals surface area (Å²) in [5.74, 6) is 2.28. The molecule has 2 atom stereocenters. The van der Waals surface area contributed by atoms with E-state index in [1.807, 2.05) is 92.9 Å². The topological polar surface area (TPSA) is 144 Å². The molecular formula is C41H50N6O7S. The smallest absolute Gasteiger partial charge is 0.338 e. The summed E-state index contributed by atoms with van der Waals surface area (Å²) in [6, 6.07) is 19.7. The molecule has 0 radical (unpaired) electrons. The molecule has 4 aromatic rings. The second-order valence-electron chi connectivity index (χ2n) is 13.9. The lowest BCUT2D eigenvalue weighted by molar-refractivity contribution is -0.130. The van der Waals surface area contributed by atoms with Crippen molar-refractivity contribution in [2.75, 3.05) is 37.7 Å². The van der Waals surface area contributed by atoms with Crippen LogP contribution in [0.1, 0.15) is 69.4 Å². The van der Waals surface area contributed by atoms with Crippen LogP contribution in [-0.2, 0) is 22.6 Å². The molecule has 292 valence electrons. The molecule has 0 bridgehead atoms. The summed E-state index contributed by atoms with van der Waals surface area (Å²) in [5.41, 5.74) is 3.50. The number of amides is 2. The van der Waals surface area contributed by atoms with Crippen molar-refractivity contribution < 1.29 is 33.3 Å². The third-order valence-corrected chi connectivity index (χ3v) is 9.66. The number of nitrogens with one attached hydrogen (secondary N) is 2. The molecule has 3 aromatic carbocycles. The number of esters is 1. The van der Waals surface area contributed by atoms with Crippen LogP contribution in [0.5, 0.6) is 17.2 Å². The summed E-state index contributed by atoms with van der Waals surface area (Å²) in [4.78, 5) is 51.7. The average Bonchev–Trinajstić information content (AvgIpc) is 3.40. The molecule has 2 N–H and O–H groups in total. The number of methoxy groups -OCH3 is 2. The Morgan fingerprint density at radius 2 is 1.69 bits per heavy atom. The van der Waals surface area contributed by atoms with Crippen LogP contribution >= 0.6 is 11.8 Å². The van der Waals surface area contributed by atoms with E-state index in [4.69, 9.17) is 18.9 Å². The van der Waals surface area contributed by atoms with Crippen LogP contribution < -0.4 is 29.7 Å². The van der Waals surface area contributed by atoms with E-state index in [2.05, 4.69) is 20.6 Å². The fraction of sp³-hybridized carbons (Fsp3) is 0.390. The number of anilines is 4. The molecule has 1 aliphatic heterocycles. The van der Waals surface area contributed by atoms with Crippen LogP contribution in [0, 0.1) is 0 Å². The van der Waals surface area contributed by atoms with Gasteiger partial charge in [0.1, 0.15) is 41.3 Å². The van der Waals surface area contributed by atoms with Crippen molar-refractivity contribution in [2.24, 2.45) is 0 Å². The summed E-state index contributed by atoms with van der Waals surface area (Å²) in [6.07, 6.45) is 1.99. The molecule has 0 aliphatic carbocycles. The van der Waals surface area contributed by atoms with Gasteiger partial charge in [-0.3, -0.25) is 9.59 Å². The van der Waals surface area contributed by atoms with Crippen LogP contribution in [0.15, 0.2) is 73.1 Å². The van der Waals surface area contributed by atoms with E-state index in [0.717, 1.165) is 16.8 Å². The molecule has 1 fully saturated rings. The van der Waals surface area contributed by atoms with Gasteiger partial charge in [-0.15, -0.1) is 0 Å². The summed E-state index contributed by atoms with van der Waals surface area (Å²) in [7, 11) is 3.20. The van der Waals surface area contributed by atoms with Gasteiger partial charge in [-0.05, 0) is 63.1 Å². The van der Waals surface area contributed by atoms with Crippen molar-refractivity contribution in [2.45, 2.75) is 77.9 Å². The lowest BCUT2D eigenvalue weighted by Crippen LogP contribution is -2.41. The minimum Gasteiger partial charge on any atom is -0.496 e. The second-order valence-corrected chi connectivity index (χ2v) is 15.7. The highest BCUT2D eigenvalue weighted by molar-refractivity contribution is 8.14. The molecule has 0 spiro atoms. The molecule has 1 aromatic heterocycles. The number of hydrogen-bond acceptors (Lipinski definition) is 12. The molecule has 1 saturated heterocycles. The van der Waals surface area contributed by atoms with E-state index >= 15 is 0 Å². The van der Waals surface area contributed by atoms with Crippen LogP contribution in [0.2, 0.25) is 0 Å². The number of thioether (sulfide) groups is 1. The van der Waals surface area contributed by atoms with Crippen LogP contribution in [0.3, 0.4) is 0 Å². The van der Waals surface area contributed by atoms with E-state index in [0.29, 0.717) is 59.7 Å². The number of carbonyl (C=O) groups excluding carboxylic acids is 3. The Morgan fingerprint density at radius 3 is 2.36 bits per heavy atom. The molecular weight excluding hydrogens is 721 g/mol. The zero-order valence-electron chi connectivity index (χ0n) is 32.7. The third kappa shape index (κ3) is 10.6. The number of hydrogen-bond donors (Lipinski definition) is 2. The zero-order chi connectivity index (χ0) is 39.7. The molecule has 1 aliphatic rings. The first-order valence-electron chi connectivity index (χ1n) is 18.2. The average molecular weight is 771 g/mol. The summed E-state index contributed by atoms with van der Waals surface area (Å²) in [6.45, 7) is 12.9. The van der Waals surface area contributed by atoms with Crippen LogP contribution in [0.4, 0.5) is 27.8 Å². The van der Waals surface area contributed by atoms with Crippen LogP contribution in [0.25, 0.3) is 0 Å². The number of likely N-dealkylation sites (tertiary alicyclic amines) is 1. The highest BCUT2D eigenvalue weighted by atomic mass is 32.2. The van der Waals surface area contributed by atoms with Crippen molar-refractivity contribution in [3.63, 3.8) is 0 Å². The lowest BCUT2D eigenvalue weighted by atomic mass is 10.1. The molecule has 0 saturated carbocycles. The summed E-state index contributed by atoms with van der Waals surface area (Å²) >= 11 is 1.18. The number of nitrogens with zero attached hydrogens (tertiary/aromatic N) is 4. The van der Waals surface area contributed by atoms with E-state index in [1.165, 1.54) is 18.1 Å². The molecule has 5 rings (SSSR count). The molecule has 14 heteroatoms. The Labute approximate surface area is 327 Å². The van der Waals surface area contributed by atoms with Gasteiger partial charge in [-0.1, -0.05) is 50.7 Å². The van der Waals surface area contributed by atoms with E-state index in [-0.39, 0.29) is 35.1 Å². The largest absolute Gasteiger partial charge is 0.496 e. The normalized spacial score (nSPS) is 15.3. The van der Waals surface area contributed by atoms with Gasteiger partial charge in [0, 0.05) is 46.9 Å².